The van der Waals surface area contributed by atoms with Crippen LogP contribution in [-0.2, 0) is 35.4 Å². The van der Waals surface area contributed by atoms with Crippen LogP contribution in [0.2, 0.25) is 0 Å². The molecule has 0 amide bonds. The lowest BCUT2D eigenvalue weighted by Gasteiger charge is -2.16. The number of hydrogen-bond acceptors (Lipinski definition) is 12. The van der Waals surface area contributed by atoms with Gasteiger partial charge >= 0.3 is 11.9 Å². The van der Waals surface area contributed by atoms with E-state index in [1.165, 1.54) is 0 Å². The summed E-state index contributed by atoms with van der Waals surface area (Å²) < 4.78 is 14.3. The number of benzene rings is 3. The Morgan fingerprint density at radius 3 is 1.33 bits per heavy atom. The van der Waals surface area contributed by atoms with Crippen molar-refractivity contribution in [2.24, 2.45) is 0 Å². The Kier molecular flexibility index (Phi) is 10.4. The third-order valence-corrected chi connectivity index (χ3v) is 11.4. The number of aryl methyl sites for hydroxylation is 4. The summed E-state index contributed by atoms with van der Waals surface area (Å²) in [4.78, 5) is 63.1. The topological polar surface area (TPSA) is 174 Å². The SMILES string of the molecule is CCOC(=O)c1sc2c(c1N)c(=O)nc(-c1ccc(-c3nc(=O)c4c(N)c(C(=O)OCC)sc4n3CCc3ccccc3)cc1)n2CCc1ccccc1. The Morgan fingerprint density at radius 1 is 0.611 bits per heavy atom. The van der Waals surface area contributed by atoms with Gasteiger partial charge < -0.3 is 30.1 Å². The molecule has 4 heterocycles. The van der Waals surface area contributed by atoms with Crippen molar-refractivity contribution in [1.82, 2.24) is 19.1 Å². The van der Waals surface area contributed by atoms with Gasteiger partial charge in [0.25, 0.3) is 11.1 Å². The van der Waals surface area contributed by atoms with E-state index in [1.54, 1.807) is 13.8 Å². The molecule has 0 aliphatic carbocycles. The Morgan fingerprint density at radius 2 is 0.981 bits per heavy atom. The number of fused-ring (bicyclic) bond motifs is 2. The first-order valence-electron chi connectivity index (χ1n) is 17.4. The van der Waals surface area contributed by atoms with Crippen molar-refractivity contribution < 1.29 is 19.1 Å². The van der Waals surface area contributed by atoms with Gasteiger partial charge in [0.2, 0.25) is 0 Å². The summed E-state index contributed by atoms with van der Waals surface area (Å²) in [7, 11) is 0. The maximum atomic E-state index is 13.6. The summed E-state index contributed by atoms with van der Waals surface area (Å²) in [5.41, 5.74) is 15.2. The van der Waals surface area contributed by atoms with Gasteiger partial charge in [0.05, 0.1) is 24.6 Å². The summed E-state index contributed by atoms with van der Waals surface area (Å²) >= 11 is 2.21. The van der Waals surface area contributed by atoms with Crippen LogP contribution in [0.1, 0.15) is 44.3 Å². The minimum atomic E-state index is -0.597. The van der Waals surface area contributed by atoms with Crippen molar-refractivity contribution in [2.45, 2.75) is 39.8 Å². The Hall–Kier alpha value is -6.12. The molecule has 0 saturated heterocycles. The molecule has 12 nitrogen and oxygen atoms in total. The van der Waals surface area contributed by atoms with E-state index in [0.717, 1.165) is 33.8 Å². The highest BCUT2D eigenvalue weighted by molar-refractivity contribution is 7.21. The number of rotatable bonds is 12. The number of esters is 2. The Balaban J connectivity index is 1.35. The molecular weight excluding hydrogens is 725 g/mol. The molecule has 0 fully saturated rings. The lowest BCUT2D eigenvalue weighted by molar-refractivity contribution is 0.0523. The van der Waals surface area contributed by atoms with Crippen molar-refractivity contribution in [3.8, 4) is 22.8 Å². The molecule has 0 aliphatic rings. The number of thiophene rings is 2. The number of nitrogen functional groups attached to an aromatic ring is 2. The second-order valence-electron chi connectivity index (χ2n) is 12.3. The van der Waals surface area contributed by atoms with Crippen LogP contribution < -0.4 is 22.6 Å². The molecule has 54 heavy (non-hydrogen) atoms. The molecule has 0 spiro atoms. The fraction of sp³-hybridized carbons (Fsp3) is 0.200. The summed E-state index contributed by atoms with van der Waals surface area (Å²) in [6.45, 7) is 4.61. The number of ether oxygens (including phenoxy) is 2. The molecule has 274 valence electrons. The van der Waals surface area contributed by atoms with Crippen molar-refractivity contribution in [3.05, 3.63) is 127 Å². The highest BCUT2D eigenvalue weighted by Gasteiger charge is 2.26. The van der Waals surface area contributed by atoms with E-state index in [0.29, 0.717) is 58.4 Å². The monoisotopic (exact) mass is 760 g/mol. The average molecular weight is 761 g/mol. The average Bonchev–Trinajstić information content (AvgIpc) is 3.72. The highest BCUT2D eigenvalue weighted by Crippen LogP contribution is 2.37. The van der Waals surface area contributed by atoms with Crippen LogP contribution in [0, 0.1) is 0 Å². The first-order chi connectivity index (χ1) is 26.2. The predicted octanol–water partition coefficient (Wildman–Crippen LogP) is 6.57. The fourth-order valence-corrected chi connectivity index (χ4v) is 8.64. The van der Waals surface area contributed by atoms with E-state index < -0.39 is 23.1 Å². The van der Waals surface area contributed by atoms with Gasteiger partial charge in [-0.3, -0.25) is 9.59 Å². The van der Waals surface area contributed by atoms with Gasteiger partial charge in [0.1, 0.15) is 41.8 Å². The van der Waals surface area contributed by atoms with Crippen LogP contribution >= 0.6 is 22.7 Å². The van der Waals surface area contributed by atoms with Crippen LogP contribution in [0.4, 0.5) is 11.4 Å². The molecule has 7 rings (SSSR count). The van der Waals surface area contributed by atoms with E-state index in [1.807, 2.05) is 94.1 Å². The molecule has 4 aromatic heterocycles. The first kappa shape index (κ1) is 36.2. The molecule has 0 saturated carbocycles. The minimum Gasteiger partial charge on any atom is -0.462 e. The Labute approximate surface area is 317 Å². The van der Waals surface area contributed by atoms with E-state index >= 15 is 0 Å². The number of hydrogen-bond donors (Lipinski definition) is 2. The number of nitrogens with two attached hydrogens (primary N) is 2. The van der Waals surface area contributed by atoms with Gasteiger partial charge in [0.15, 0.2) is 0 Å². The normalized spacial score (nSPS) is 11.3. The molecule has 4 N–H and O–H groups in total. The number of nitrogens with zero attached hydrogens (tertiary/aromatic N) is 4. The molecule has 0 radical (unpaired) electrons. The van der Waals surface area contributed by atoms with Crippen molar-refractivity contribution in [1.29, 1.82) is 0 Å². The Bertz CT molecular complexity index is 2450. The van der Waals surface area contributed by atoms with Crippen LogP contribution in [0.5, 0.6) is 0 Å². The first-order valence-corrected chi connectivity index (χ1v) is 19.0. The van der Waals surface area contributed by atoms with E-state index in [2.05, 4.69) is 9.97 Å². The largest absolute Gasteiger partial charge is 0.462 e. The fourth-order valence-electron chi connectivity index (χ4n) is 6.37. The van der Waals surface area contributed by atoms with Gasteiger partial charge in [-0.05, 0) is 37.8 Å². The van der Waals surface area contributed by atoms with E-state index in [4.69, 9.17) is 20.9 Å². The highest BCUT2D eigenvalue weighted by atomic mass is 32.1. The lowest BCUT2D eigenvalue weighted by atomic mass is 10.1. The maximum absolute atomic E-state index is 13.6. The summed E-state index contributed by atoms with van der Waals surface area (Å²) in [5.74, 6) is -0.412. The molecule has 0 unspecified atom stereocenters. The predicted molar refractivity (Wildman–Crippen MR) is 213 cm³/mol. The van der Waals surface area contributed by atoms with Gasteiger partial charge in [0, 0.05) is 24.2 Å². The van der Waals surface area contributed by atoms with Gasteiger partial charge in [-0.15, -0.1) is 22.7 Å². The second kappa shape index (κ2) is 15.5. The van der Waals surface area contributed by atoms with Crippen molar-refractivity contribution in [3.63, 3.8) is 0 Å². The zero-order valence-electron chi connectivity index (χ0n) is 29.5. The van der Waals surface area contributed by atoms with Gasteiger partial charge in [-0.1, -0.05) is 84.9 Å². The molecule has 7 aromatic rings. The van der Waals surface area contributed by atoms with Crippen LogP contribution in [0.15, 0.2) is 94.5 Å². The van der Waals surface area contributed by atoms with Crippen LogP contribution in [0.3, 0.4) is 0 Å². The third kappa shape index (κ3) is 6.88. The standard InChI is InChI=1S/C40H36N6O6S2/c1-3-51-39(49)31-29(41)27-35(47)43-33(45(37(27)53-31)21-19-23-11-7-5-8-12-23)25-15-17-26(18-16-25)34-44-36(48)28-30(42)32(40(50)52-4-2)54-38(28)46(34)22-20-24-13-9-6-10-14-24/h5-18H,3-4,19-22,41-42H2,1-2H3. The summed E-state index contributed by atoms with van der Waals surface area (Å²) in [5, 5.41) is 0.350. The smallest absolute Gasteiger partial charge is 0.350 e. The zero-order valence-corrected chi connectivity index (χ0v) is 31.2. The number of aromatic nitrogens is 4. The van der Waals surface area contributed by atoms with Crippen LogP contribution in [-0.4, -0.2) is 44.3 Å². The number of anilines is 2. The summed E-state index contributed by atoms with van der Waals surface area (Å²) in [6, 6.07) is 27.1. The minimum absolute atomic E-state index is 0.0524. The molecule has 0 aliphatic heterocycles. The van der Waals surface area contributed by atoms with E-state index in [9.17, 15) is 19.2 Å². The van der Waals surface area contributed by atoms with Crippen molar-refractivity contribution >= 4 is 66.4 Å². The van der Waals surface area contributed by atoms with E-state index in [-0.39, 0.29) is 45.1 Å². The zero-order chi connectivity index (χ0) is 37.9. The molecule has 0 atom stereocenters. The molecule has 14 heteroatoms. The third-order valence-electron chi connectivity index (χ3n) is 8.95. The maximum Gasteiger partial charge on any atom is 0.350 e. The van der Waals surface area contributed by atoms with Gasteiger partial charge in [-0.2, -0.15) is 9.97 Å². The molecular formula is C40H36N6O6S2. The lowest BCUT2D eigenvalue weighted by Crippen LogP contribution is -2.18. The quantitative estimate of drug-likeness (QED) is 0.130. The number of carbonyl (C=O) groups is 2. The second-order valence-corrected chi connectivity index (χ2v) is 14.3. The molecule has 0 bridgehead atoms. The van der Waals surface area contributed by atoms with Crippen molar-refractivity contribution in [2.75, 3.05) is 24.7 Å². The summed E-state index contributed by atoms with van der Waals surface area (Å²) in [6.07, 6.45) is 1.24. The molecule has 3 aromatic carbocycles. The number of carbonyl (C=O) groups excluding carboxylic acids is 2. The van der Waals surface area contributed by atoms with Gasteiger partial charge in [-0.25, -0.2) is 9.59 Å². The van der Waals surface area contributed by atoms with Crippen LogP contribution in [0.25, 0.3) is 43.2 Å².